The Kier molecular flexibility index (Phi) is 5.46. The van der Waals surface area contributed by atoms with Crippen LogP contribution in [0.5, 0.6) is 0 Å². The molecule has 3 aliphatic rings. The van der Waals surface area contributed by atoms with E-state index < -0.39 is 0 Å². The highest BCUT2D eigenvalue weighted by molar-refractivity contribution is 8.14. The molecular weight excluding hydrogens is 308 g/mol. The standard InChI is InChI=1S/C17H26N4OS/c1-3-16(22)5-4-14-13-23-17(18-14)21-7-6-15(12-21)20-10-8-19(2)9-11-20/h3-5,15,22H,1,6-13H2,2H3/b14-4+,16-5+. The number of thioether (sulfide) groups is 1. The Balaban J connectivity index is 1.56. The smallest absolute Gasteiger partial charge is 0.164 e. The molecule has 0 spiro atoms. The number of hydrogen-bond donors (Lipinski definition) is 1. The van der Waals surface area contributed by atoms with Crippen LogP contribution in [0.3, 0.4) is 0 Å². The second-order valence-electron chi connectivity index (χ2n) is 6.36. The topological polar surface area (TPSA) is 42.3 Å². The van der Waals surface area contributed by atoms with Crippen LogP contribution in [-0.2, 0) is 0 Å². The fourth-order valence-corrected chi connectivity index (χ4v) is 4.19. The molecule has 1 atom stereocenters. The highest BCUT2D eigenvalue weighted by Crippen LogP contribution is 2.27. The van der Waals surface area contributed by atoms with Gasteiger partial charge in [-0.25, -0.2) is 4.99 Å². The molecule has 3 rings (SSSR count). The highest BCUT2D eigenvalue weighted by atomic mass is 32.2. The van der Waals surface area contributed by atoms with Gasteiger partial charge in [-0.1, -0.05) is 18.3 Å². The van der Waals surface area contributed by atoms with E-state index in [1.165, 1.54) is 38.7 Å². The lowest BCUT2D eigenvalue weighted by Gasteiger charge is -2.36. The van der Waals surface area contributed by atoms with Gasteiger partial charge in [0, 0.05) is 51.1 Å². The summed E-state index contributed by atoms with van der Waals surface area (Å²) < 4.78 is 0. The Morgan fingerprint density at radius 1 is 1.30 bits per heavy atom. The van der Waals surface area contributed by atoms with Crippen LogP contribution in [-0.4, -0.2) is 83.1 Å². The number of likely N-dealkylation sites (tertiary alicyclic amines) is 1. The third-order valence-corrected chi connectivity index (χ3v) is 5.78. The molecule has 0 radical (unpaired) electrons. The van der Waals surface area contributed by atoms with E-state index in [9.17, 15) is 5.11 Å². The van der Waals surface area contributed by atoms with E-state index in [1.807, 2.05) is 6.08 Å². The number of amidine groups is 1. The number of piperazine rings is 1. The van der Waals surface area contributed by atoms with Crippen molar-refractivity contribution < 1.29 is 5.11 Å². The molecule has 1 unspecified atom stereocenters. The Labute approximate surface area is 143 Å². The maximum absolute atomic E-state index is 9.42. The van der Waals surface area contributed by atoms with Crippen molar-refractivity contribution in [3.05, 3.63) is 36.3 Å². The van der Waals surface area contributed by atoms with Gasteiger partial charge in [0.1, 0.15) is 5.76 Å². The summed E-state index contributed by atoms with van der Waals surface area (Å²) in [4.78, 5) is 12.2. The third-order valence-electron chi connectivity index (χ3n) is 4.73. The second-order valence-corrected chi connectivity index (χ2v) is 7.31. The third kappa shape index (κ3) is 4.19. The average Bonchev–Trinajstić information content (AvgIpc) is 3.22. The summed E-state index contributed by atoms with van der Waals surface area (Å²) in [5, 5.41) is 10.6. The van der Waals surface area contributed by atoms with Crippen LogP contribution in [0.4, 0.5) is 0 Å². The van der Waals surface area contributed by atoms with Gasteiger partial charge >= 0.3 is 0 Å². The monoisotopic (exact) mass is 334 g/mol. The van der Waals surface area contributed by atoms with Crippen LogP contribution in [0.1, 0.15) is 6.42 Å². The summed E-state index contributed by atoms with van der Waals surface area (Å²) in [5.74, 6) is 1.06. The van der Waals surface area contributed by atoms with Crippen LogP contribution in [0, 0.1) is 0 Å². The van der Waals surface area contributed by atoms with Crippen molar-refractivity contribution in [2.45, 2.75) is 12.5 Å². The van der Waals surface area contributed by atoms with Crippen molar-refractivity contribution in [1.82, 2.24) is 14.7 Å². The first-order chi connectivity index (χ1) is 11.2. The van der Waals surface area contributed by atoms with E-state index in [0.29, 0.717) is 6.04 Å². The Morgan fingerprint density at radius 2 is 2.09 bits per heavy atom. The minimum absolute atomic E-state index is 0.183. The van der Waals surface area contributed by atoms with Crippen LogP contribution in [0.2, 0.25) is 0 Å². The molecule has 126 valence electrons. The van der Waals surface area contributed by atoms with Crippen LogP contribution in [0.25, 0.3) is 0 Å². The molecule has 0 bridgehead atoms. The van der Waals surface area contributed by atoms with Gasteiger partial charge in [-0.3, -0.25) is 4.90 Å². The molecule has 2 saturated heterocycles. The maximum atomic E-state index is 9.42. The van der Waals surface area contributed by atoms with E-state index in [-0.39, 0.29) is 5.76 Å². The fraction of sp³-hybridized carbons (Fsp3) is 0.588. The fourth-order valence-electron chi connectivity index (χ4n) is 3.22. The molecule has 23 heavy (non-hydrogen) atoms. The molecule has 2 fully saturated rings. The number of aliphatic hydroxyl groups is 1. The van der Waals surface area contributed by atoms with Gasteiger partial charge in [-0.2, -0.15) is 0 Å². The lowest BCUT2D eigenvalue weighted by molar-refractivity contribution is 0.116. The molecule has 1 N–H and O–H groups in total. The van der Waals surface area contributed by atoms with Crippen molar-refractivity contribution >= 4 is 16.9 Å². The number of likely N-dealkylation sites (N-methyl/N-ethyl adjacent to an activating group) is 1. The highest BCUT2D eigenvalue weighted by Gasteiger charge is 2.32. The van der Waals surface area contributed by atoms with Gasteiger partial charge in [0.2, 0.25) is 0 Å². The molecular formula is C17H26N4OS. The van der Waals surface area contributed by atoms with Crippen molar-refractivity contribution in [2.24, 2.45) is 4.99 Å². The molecule has 5 nitrogen and oxygen atoms in total. The average molecular weight is 334 g/mol. The molecule has 3 aliphatic heterocycles. The van der Waals surface area contributed by atoms with Crippen molar-refractivity contribution in [1.29, 1.82) is 0 Å². The van der Waals surface area contributed by atoms with Gasteiger partial charge in [0.25, 0.3) is 0 Å². The maximum Gasteiger partial charge on any atom is 0.164 e. The number of nitrogens with zero attached hydrogens (tertiary/aromatic N) is 4. The van der Waals surface area contributed by atoms with E-state index in [4.69, 9.17) is 4.99 Å². The van der Waals surface area contributed by atoms with E-state index in [1.54, 1.807) is 17.8 Å². The summed E-state index contributed by atoms with van der Waals surface area (Å²) >= 11 is 1.80. The number of aliphatic imine (C=N–C) groups is 1. The minimum atomic E-state index is 0.183. The first kappa shape index (κ1) is 16.6. The number of hydrogen-bond acceptors (Lipinski definition) is 6. The molecule has 3 heterocycles. The van der Waals surface area contributed by atoms with Gasteiger partial charge in [-0.15, -0.1) is 0 Å². The zero-order chi connectivity index (χ0) is 16.2. The van der Waals surface area contributed by atoms with E-state index >= 15 is 0 Å². The zero-order valence-corrected chi connectivity index (χ0v) is 14.6. The summed E-state index contributed by atoms with van der Waals surface area (Å²) in [6.45, 7) is 10.5. The SMILES string of the molecule is C=C/C(O)=C\C=C1/CSC(N2CCC(N3CCN(C)CC3)C2)=N1. The Morgan fingerprint density at radius 3 is 2.83 bits per heavy atom. The predicted molar refractivity (Wildman–Crippen MR) is 97.9 cm³/mol. The Hall–Kier alpha value is -1.24. The minimum Gasteiger partial charge on any atom is -0.508 e. The van der Waals surface area contributed by atoms with E-state index in [0.717, 1.165) is 29.7 Å². The largest absolute Gasteiger partial charge is 0.508 e. The molecule has 0 aromatic heterocycles. The van der Waals surface area contributed by atoms with E-state index in [2.05, 4.69) is 28.3 Å². The molecule has 0 saturated carbocycles. The summed E-state index contributed by atoms with van der Waals surface area (Å²) in [7, 11) is 2.20. The number of allylic oxidation sites excluding steroid dienone is 3. The molecule has 0 aliphatic carbocycles. The lowest BCUT2D eigenvalue weighted by Crippen LogP contribution is -2.49. The predicted octanol–water partition coefficient (Wildman–Crippen LogP) is 1.92. The first-order valence-electron chi connectivity index (χ1n) is 8.27. The van der Waals surface area contributed by atoms with Gasteiger partial charge < -0.3 is 14.9 Å². The first-order valence-corrected chi connectivity index (χ1v) is 9.25. The van der Waals surface area contributed by atoms with Crippen LogP contribution < -0.4 is 0 Å². The molecule has 0 aromatic carbocycles. The lowest BCUT2D eigenvalue weighted by atomic mass is 10.2. The summed E-state index contributed by atoms with van der Waals surface area (Å²) in [6, 6.07) is 0.671. The molecule has 0 amide bonds. The van der Waals surface area contributed by atoms with Crippen molar-refractivity contribution in [3.63, 3.8) is 0 Å². The van der Waals surface area contributed by atoms with Crippen LogP contribution >= 0.6 is 11.8 Å². The second kappa shape index (κ2) is 7.55. The van der Waals surface area contributed by atoms with Crippen molar-refractivity contribution in [2.75, 3.05) is 52.1 Å². The molecule has 6 heteroatoms. The zero-order valence-electron chi connectivity index (χ0n) is 13.8. The summed E-state index contributed by atoms with van der Waals surface area (Å²) in [5.41, 5.74) is 1.02. The molecule has 0 aromatic rings. The van der Waals surface area contributed by atoms with Crippen LogP contribution in [0.15, 0.2) is 41.3 Å². The van der Waals surface area contributed by atoms with Crippen molar-refractivity contribution in [3.8, 4) is 0 Å². The van der Waals surface area contributed by atoms with Gasteiger partial charge in [0.05, 0.1) is 5.70 Å². The van der Waals surface area contributed by atoms with Gasteiger partial charge in [0.15, 0.2) is 5.17 Å². The Bertz CT molecular complexity index is 535. The van der Waals surface area contributed by atoms with Gasteiger partial charge in [-0.05, 0) is 31.7 Å². The summed E-state index contributed by atoms with van der Waals surface area (Å²) in [6.07, 6.45) is 6.21. The quantitative estimate of drug-likeness (QED) is 0.631. The number of rotatable bonds is 3. The number of aliphatic hydroxyl groups excluding tert-OH is 1. The normalized spacial score (nSPS) is 29.3.